The van der Waals surface area contributed by atoms with Gasteiger partial charge in [0.15, 0.2) is 0 Å². The van der Waals surface area contributed by atoms with Gasteiger partial charge in [-0.2, -0.15) is 0 Å². The topological polar surface area (TPSA) is 0 Å². The summed E-state index contributed by atoms with van der Waals surface area (Å²) in [6.07, 6.45) is 3.10. The summed E-state index contributed by atoms with van der Waals surface area (Å²) in [5, 5.41) is 0. The van der Waals surface area contributed by atoms with Crippen LogP contribution in [0.2, 0.25) is 0 Å². The summed E-state index contributed by atoms with van der Waals surface area (Å²) < 4.78 is 0. The molecule has 1 aromatic rings. The number of hydrogen-bond acceptors (Lipinski definition) is 0. The molecular weight excluding hydrogens is 144 g/mol. The molecule has 0 aromatic heterocycles. The summed E-state index contributed by atoms with van der Waals surface area (Å²) in [6.45, 7) is 9.99. The van der Waals surface area contributed by atoms with Crippen molar-refractivity contribution in [2.45, 2.75) is 27.2 Å². The van der Waals surface area contributed by atoms with Gasteiger partial charge in [0, 0.05) is 0 Å². The van der Waals surface area contributed by atoms with Crippen LogP contribution in [0.4, 0.5) is 0 Å². The molecule has 0 aliphatic rings. The summed E-state index contributed by atoms with van der Waals surface area (Å²) in [6, 6.07) is 8.28. The first-order chi connectivity index (χ1) is 5.74. The molecule has 0 saturated carbocycles. The highest BCUT2D eigenvalue weighted by Gasteiger charge is 1.82. The van der Waals surface area contributed by atoms with Gasteiger partial charge in [0.05, 0.1) is 0 Å². The maximum atomic E-state index is 3.66. The molecule has 0 N–H and O–H groups in total. The van der Waals surface area contributed by atoms with Crippen LogP contribution in [-0.4, -0.2) is 0 Å². The zero-order valence-electron chi connectivity index (χ0n) is 8.30. The largest absolute Gasteiger partial charge is 0.0985 e. The summed E-state index contributed by atoms with van der Waals surface area (Å²) in [4.78, 5) is 0. The van der Waals surface area contributed by atoms with E-state index in [0.29, 0.717) is 0 Å². The van der Waals surface area contributed by atoms with Gasteiger partial charge < -0.3 is 0 Å². The Morgan fingerprint density at radius 3 is 1.92 bits per heavy atom. The lowest BCUT2D eigenvalue weighted by atomic mass is 10.2. The van der Waals surface area contributed by atoms with Crippen LogP contribution in [0, 0.1) is 6.92 Å². The van der Waals surface area contributed by atoms with Gasteiger partial charge in [-0.15, -0.1) is 0 Å². The van der Waals surface area contributed by atoms with E-state index in [1.807, 2.05) is 6.08 Å². The van der Waals surface area contributed by atoms with Gasteiger partial charge in [-0.05, 0) is 12.5 Å². The smallest absolute Gasteiger partial charge is 0.0262 e. The molecule has 0 fully saturated rings. The van der Waals surface area contributed by atoms with Crippen molar-refractivity contribution in [3.8, 4) is 0 Å². The Hall–Kier alpha value is -1.04. The Balaban J connectivity index is 0.000000354. The fraction of sp³-hybridized carbons (Fsp3) is 0.333. The maximum Gasteiger partial charge on any atom is -0.0262 e. The minimum atomic E-state index is 1.18. The number of rotatable bonds is 1. The minimum absolute atomic E-state index is 1.18. The summed E-state index contributed by atoms with van der Waals surface area (Å²) >= 11 is 0. The van der Waals surface area contributed by atoms with Crippen LogP contribution < -0.4 is 0 Å². The second-order valence-corrected chi connectivity index (χ2v) is 2.82. The predicted octanol–water partition coefficient (Wildman–Crippen LogP) is 4.05. The first-order valence-corrected chi connectivity index (χ1v) is 4.43. The fourth-order valence-electron chi connectivity index (χ4n) is 0.703. The van der Waals surface area contributed by atoms with Gasteiger partial charge in [0.1, 0.15) is 0 Å². The van der Waals surface area contributed by atoms with E-state index in [1.54, 1.807) is 0 Å². The van der Waals surface area contributed by atoms with Crippen LogP contribution in [0.3, 0.4) is 0 Å². The first-order valence-electron chi connectivity index (χ1n) is 4.43. The van der Waals surface area contributed by atoms with Crippen LogP contribution in [0.15, 0.2) is 30.8 Å². The number of hydrogen-bond donors (Lipinski definition) is 0. The van der Waals surface area contributed by atoms with E-state index >= 15 is 0 Å². The third-order valence-electron chi connectivity index (χ3n) is 1.31. The zero-order chi connectivity index (χ0) is 9.40. The van der Waals surface area contributed by atoms with Gasteiger partial charge in [-0.3, -0.25) is 0 Å². The third-order valence-corrected chi connectivity index (χ3v) is 1.31. The van der Waals surface area contributed by atoms with Gasteiger partial charge in [0.2, 0.25) is 0 Å². The normalized spacial score (nSPS) is 8.25. The van der Waals surface area contributed by atoms with Crippen molar-refractivity contribution in [2.24, 2.45) is 0 Å². The number of aryl methyl sites for hydroxylation is 1. The van der Waals surface area contributed by atoms with Crippen molar-refractivity contribution < 1.29 is 0 Å². The minimum Gasteiger partial charge on any atom is -0.0985 e. The zero-order valence-corrected chi connectivity index (χ0v) is 8.30. The van der Waals surface area contributed by atoms with Crippen molar-refractivity contribution in [1.29, 1.82) is 0 Å². The van der Waals surface area contributed by atoms with E-state index in [0.717, 1.165) is 0 Å². The Bertz CT molecular complexity index is 206. The van der Waals surface area contributed by atoms with Gasteiger partial charge in [-0.25, -0.2) is 0 Å². The Kier molecular flexibility index (Phi) is 6.08. The molecule has 1 rings (SSSR count). The summed E-state index contributed by atoms with van der Waals surface area (Å²) in [7, 11) is 0. The highest BCUT2D eigenvalue weighted by molar-refractivity contribution is 5.46. The first kappa shape index (κ1) is 11.0. The summed E-state index contributed by atoms with van der Waals surface area (Å²) in [5.41, 5.74) is 2.47. The van der Waals surface area contributed by atoms with E-state index in [-0.39, 0.29) is 0 Å². The van der Waals surface area contributed by atoms with E-state index in [9.17, 15) is 0 Å². The molecule has 0 spiro atoms. The van der Waals surface area contributed by atoms with Gasteiger partial charge >= 0.3 is 0 Å². The standard InChI is InChI=1S/C9H10.C3H8/c1-3-9-6-4-8(2)5-7-9;1-3-2/h3-7H,1H2,2H3;3H2,1-2H3. The average molecular weight is 162 g/mol. The SMILES string of the molecule is C=Cc1ccc(C)cc1.CCC. The lowest BCUT2D eigenvalue weighted by Gasteiger charge is -1.91. The molecule has 12 heavy (non-hydrogen) atoms. The van der Waals surface area contributed by atoms with Crippen LogP contribution in [0.1, 0.15) is 31.4 Å². The third kappa shape index (κ3) is 4.73. The van der Waals surface area contributed by atoms with Crippen LogP contribution >= 0.6 is 0 Å². The highest BCUT2D eigenvalue weighted by atomic mass is 13.9. The molecule has 0 bridgehead atoms. The Morgan fingerprint density at radius 2 is 1.58 bits per heavy atom. The van der Waals surface area contributed by atoms with Crippen molar-refractivity contribution in [2.75, 3.05) is 0 Å². The average Bonchev–Trinajstić information content (AvgIpc) is 2.07. The molecule has 0 heteroatoms. The predicted molar refractivity (Wildman–Crippen MR) is 57.2 cm³/mol. The van der Waals surface area contributed by atoms with E-state index < -0.39 is 0 Å². The Morgan fingerprint density at radius 1 is 1.17 bits per heavy atom. The summed E-state index contributed by atoms with van der Waals surface area (Å²) in [5.74, 6) is 0. The molecule has 0 saturated heterocycles. The molecule has 0 nitrogen and oxygen atoms in total. The van der Waals surface area contributed by atoms with Crippen LogP contribution in [-0.2, 0) is 0 Å². The molecule has 66 valence electrons. The lowest BCUT2D eigenvalue weighted by Crippen LogP contribution is -1.71. The second-order valence-electron chi connectivity index (χ2n) is 2.82. The molecule has 0 atom stereocenters. The maximum absolute atomic E-state index is 3.66. The number of benzene rings is 1. The van der Waals surface area contributed by atoms with E-state index in [1.165, 1.54) is 17.5 Å². The second kappa shape index (κ2) is 6.66. The van der Waals surface area contributed by atoms with E-state index in [2.05, 4.69) is 51.6 Å². The molecule has 0 aliphatic heterocycles. The molecule has 0 amide bonds. The van der Waals surface area contributed by atoms with Crippen molar-refractivity contribution >= 4 is 6.08 Å². The van der Waals surface area contributed by atoms with Crippen LogP contribution in [0.5, 0.6) is 0 Å². The molecule has 0 heterocycles. The van der Waals surface area contributed by atoms with Crippen LogP contribution in [0.25, 0.3) is 6.08 Å². The fourth-order valence-corrected chi connectivity index (χ4v) is 0.703. The molecular formula is C12H18. The molecule has 0 aliphatic carbocycles. The monoisotopic (exact) mass is 162 g/mol. The molecule has 0 unspecified atom stereocenters. The van der Waals surface area contributed by atoms with Crippen molar-refractivity contribution in [3.63, 3.8) is 0 Å². The van der Waals surface area contributed by atoms with Crippen molar-refractivity contribution in [3.05, 3.63) is 42.0 Å². The highest BCUT2D eigenvalue weighted by Crippen LogP contribution is 2.02. The Labute approximate surface area is 75.9 Å². The quantitative estimate of drug-likeness (QED) is 0.584. The van der Waals surface area contributed by atoms with Gasteiger partial charge in [0.25, 0.3) is 0 Å². The molecule has 0 radical (unpaired) electrons. The van der Waals surface area contributed by atoms with E-state index in [4.69, 9.17) is 0 Å². The van der Waals surface area contributed by atoms with Gasteiger partial charge in [-0.1, -0.05) is 62.8 Å². The van der Waals surface area contributed by atoms with Crippen molar-refractivity contribution in [1.82, 2.24) is 0 Å². The lowest BCUT2D eigenvalue weighted by molar-refractivity contribution is 1.09. The molecule has 1 aromatic carbocycles.